The number of halogens is 2. The summed E-state index contributed by atoms with van der Waals surface area (Å²) in [6, 6.07) is 2.57. The normalized spacial score (nSPS) is 12.8. The van der Waals surface area contributed by atoms with Gasteiger partial charge in [-0.15, -0.1) is 0 Å². The molecule has 0 radical (unpaired) electrons. The van der Waals surface area contributed by atoms with Gasteiger partial charge in [0.1, 0.15) is 11.9 Å². The molecule has 132 valence electrons. The molecule has 0 fully saturated rings. The Balaban J connectivity index is 2.76. The summed E-state index contributed by atoms with van der Waals surface area (Å²) in [6.45, 7) is 3.30. The summed E-state index contributed by atoms with van der Waals surface area (Å²) in [4.78, 5) is 34.9. The van der Waals surface area contributed by atoms with Crippen molar-refractivity contribution >= 4 is 39.5 Å². The Bertz CT molecular complexity index is 627. The van der Waals surface area contributed by atoms with Crippen molar-refractivity contribution < 1.29 is 18.8 Å². The minimum absolute atomic E-state index is 0.0175. The van der Waals surface area contributed by atoms with Crippen molar-refractivity contribution in [2.24, 2.45) is 11.7 Å². The zero-order chi connectivity index (χ0) is 18.3. The van der Waals surface area contributed by atoms with Crippen molar-refractivity contribution in [1.82, 2.24) is 10.6 Å². The maximum Gasteiger partial charge on any atom is 0.319 e. The number of urea groups is 1. The van der Waals surface area contributed by atoms with Crippen LogP contribution < -0.4 is 21.7 Å². The Labute approximate surface area is 147 Å². The van der Waals surface area contributed by atoms with E-state index in [1.165, 1.54) is 12.1 Å². The smallest absolute Gasteiger partial charge is 0.319 e. The van der Waals surface area contributed by atoms with Gasteiger partial charge in [-0.3, -0.25) is 9.59 Å². The second kappa shape index (κ2) is 9.21. The van der Waals surface area contributed by atoms with E-state index in [0.717, 1.165) is 0 Å². The number of hydrogen-bond acceptors (Lipinski definition) is 3. The van der Waals surface area contributed by atoms with Gasteiger partial charge >= 0.3 is 6.03 Å². The van der Waals surface area contributed by atoms with Crippen molar-refractivity contribution in [3.8, 4) is 0 Å². The van der Waals surface area contributed by atoms with Crippen molar-refractivity contribution in [2.75, 3.05) is 11.9 Å². The Morgan fingerprint density at radius 2 is 2.00 bits per heavy atom. The number of amides is 4. The standard InChI is InChI=1S/C15H20BrFN4O3/c1-3-8(2)13(14(23)19-7-12(18)22)21-15(24)20-11-5-4-9(16)6-10(11)17/h4-6,8,13H,3,7H2,1-2H3,(H2,18,22)(H,19,23)(H2,20,21,24)/t8-,13?/m0/s1. The van der Waals surface area contributed by atoms with Crippen molar-refractivity contribution in [3.63, 3.8) is 0 Å². The molecule has 0 aliphatic carbocycles. The first-order valence-corrected chi connectivity index (χ1v) is 8.12. The molecule has 1 aromatic carbocycles. The molecule has 1 aromatic rings. The number of nitrogens with two attached hydrogens (primary N) is 1. The molecule has 2 atom stereocenters. The van der Waals surface area contributed by atoms with Gasteiger partial charge in [0.2, 0.25) is 11.8 Å². The van der Waals surface area contributed by atoms with E-state index in [-0.39, 0.29) is 18.2 Å². The van der Waals surface area contributed by atoms with Crippen LogP contribution in [0.5, 0.6) is 0 Å². The highest BCUT2D eigenvalue weighted by Gasteiger charge is 2.26. The molecule has 0 aliphatic rings. The highest BCUT2D eigenvalue weighted by atomic mass is 79.9. The largest absolute Gasteiger partial charge is 0.368 e. The third-order valence-corrected chi connectivity index (χ3v) is 3.89. The molecule has 1 unspecified atom stereocenters. The van der Waals surface area contributed by atoms with Gasteiger partial charge in [0.25, 0.3) is 0 Å². The van der Waals surface area contributed by atoms with Crippen LogP contribution in [0.25, 0.3) is 0 Å². The minimum atomic E-state index is -0.882. The molecule has 0 saturated carbocycles. The molecule has 24 heavy (non-hydrogen) atoms. The first-order valence-electron chi connectivity index (χ1n) is 7.33. The molecule has 0 heterocycles. The van der Waals surface area contributed by atoms with Crippen LogP contribution in [0.15, 0.2) is 22.7 Å². The lowest BCUT2D eigenvalue weighted by molar-refractivity contribution is -0.126. The highest BCUT2D eigenvalue weighted by molar-refractivity contribution is 9.10. The van der Waals surface area contributed by atoms with Crippen molar-refractivity contribution in [2.45, 2.75) is 26.3 Å². The highest BCUT2D eigenvalue weighted by Crippen LogP contribution is 2.19. The van der Waals surface area contributed by atoms with Crippen molar-refractivity contribution in [1.29, 1.82) is 0 Å². The Kier molecular flexibility index (Phi) is 7.63. The van der Waals surface area contributed by atoms with Crippen molar-refractivity contribution in [3.05, 3.63) is 28.5 Å². The molecule has 0 bridgehead atoms. The van der Waals surface area contributed by atoms with Crippen LogP contribution in [0.3, 0.4) is 0 Å². The Morgan fingerprint density at radius 1 is 1.33 bits per heavy atom. The second-order valence-corrected chi connectivity index (χ2v) is 6.19. The van der Waals surface area contributed by atoms with Gasteiger partial charge in [-0.25, -0.2) is 9.18 Å². The van der Waals surface area contributed by atoms with Crippen LogP contribution in [0, 0.1) is 11.7 Å². The van der Waals surface area contributed by atoms with Crippen LogP contribution in [-0.2, 0) is 9.59 Å². The number of benzene rings is 1. The molecule has 0 spiro atoms. The fourth-order valence-electron chi connectivity index (χ4n) is 1.88. The fraction of sp³-hybridized carbons (Fsp3) is 0.400. The monoisotopic (exact) mass is 402 g/mol. The van der Waals surface area contributed by atoms with Crippen LogP contribution in [0.2, 0.25) is 0 Å². The summed E-state index contributed by atoms with van der Waals surface area (Å²) >= 11 is 3.12. The van der Waals surface area contributed by atoms with E-state index in [9.17, 15) is 18.8 Å². The molecule has 0 saturated heterocycles. The summed E-state index contributed by atoms with van der Waals surface area (Å²) in [6.07, 6.45) is 0.613. The van der Waals surface area contributed by atoms with Gasteiger partial charge < -0.3 is 21.7 Å². The molecule has 9 heteroatoms. The lowest BCUT2D eigenvalue weighted by Crippen LogP contribution is -2.52. The number of carbonyl (C=O) groups is 3. The Morgan fingerprint density at radius 3 is 2.54 bits per heavy atom. The maximum atomic E-state index is 13.7. The van der Waals surface area contributed by atoms with E-state index in [2.05, 4.69) is 31.9 Å². The predicted molar refractivity (Wildman–Crippen MR) is 91.7 cm³/mol. The quantitative estimate of drug-likeness (QED) is 0.556. The average Bonchev–Trinajstić information content (AvgIpc) is 2.52. The summed E-state index contributed by atoms with van der Waals surface area (Å²) in [5.41, 5.74) is 4.97. The van der Waals surface area contributed by atoms with Gasteiger partial charge in [0.15, 0.2) is 0 Å². The first kappa shape index (κ1) is 19.9. The number of primary amides is 1. The second-order valence-electron chi connectivity index (χ2n) is 5.27. The summed E-state index contributed by atoms with van der Waals surface area (Å²) in [7, 11) is 0. The summed E-state index contributed by atoms with van der Waals surface area (Å²) < 4.78 is 14.3. The summed E-state index contributed by atoms with van der Waals surface area (Å²) in [5, 5.41) is 7.19. The van der Waals surface area contributed by atoms with Crippen LogP contribution in [-0.4, -0.2) is 30.4 Å². The number of carbonyl (C=O) groups excluding carboxylic acids is 3. The van der Waals surface area contributed by atoms with Gasteiger partial charge in [-0.1, -0.05) is 36.2 Å². The SMILES string of the molecule is CC[C@H](C)C(NC(=O)Nc1ccc(Br)cc1F)C(=O)NCC(N)=O. The number of hydrogen-bond donors (Lipinski definition) is 4. The van der Waals surface area contributed by atoms with E-state index < -0.39 is 29.7 Å². The third-order valence-electron chi connectivity index (χ3n) is 3.40. The number of nitrogens with one attached hydrogen (secondary N) is 3. The molecular weight excluding hydrogens is 383 g/mol. The molecule has 0 aliphatic heterocycles. The Hall–Kier alpha value is -2.16. The minimum Gasteiger partial charge on any atom is -0.368 e. The fourth-order valence-corrected chi connectivity index (χ4v) is 2.21. The van der Waals surface area contributed by atoms with E-state index in [1.54, 1.807) is 13.0 Å². The van der Waals surface area contributed by atoms with E-state index >= 15 is 0 Å². The maximum absolute atomic E-state index is 13.7. The number of rotatable bonds is 7. The predicted octanol–water partition coefficient (Wildman–Crippen LogP) is 1.73. The topological polar surface area (TPSA) is 113 Å². The molecule has 4 amide bonds. The van der Waals surface area contributed by atoms with Crippen LogP contribution in [0.1, 0.15) is 20.3 Å². The van der Waals surface area contributed by atoms with E-state index in [4.69, 9.17) is 5.73 Å². The van der Waals surface area contributed by atoms with E-state index in [0.29, 0.717) is 10.9 Å². The zero-order valence-corrected chi connectivity index (χ0v) is 14.9. The summed E-state index contributed by atoms with van der Waals surface area (Å²) in [5.74, 6) is -2.03. The lowest BCUT2D eigenvalue weighted by atomic mass is 9.98. The zero-order valence-electron chi connectivity index (χ0n) is 13.4. The molecular formula is C15H20BrFN4O3. The molecule has 0 aromatic heterocycles. The van der Waals surface area contributed by atoms with Gasteiger partial charge in [0, 0.05) is 4.47 Å². The lowest BCUT2D eigenvalue weighted by Gasteiger charge is -2.23. The first-order chi connectivity index (χ1) is 11.2. The van der Waals surface area contributed by atoms with Crippen LogP contribution >= 0.6 is 15.9 Å². The molecule has 7 nitrogen and oxygen atoms in total. The van der Waals surface area contributed by atoms with Crippen LogP contribution in [0.4, 0.5) is 14.9 Å². The van der Waals surface area contributed by atoms with E-state index in [1.807, 2.05) is 6.92 Å². The molecule has 1 rings (SSSR count). The average molecular weight is 403 g/mol. The third kappa shape index (κ3) is 6.15. The van der Waals surface area contributed by atoms with Gasteiger partial charge in [0.05, 0.1) is 12.2 Å². The van der Waals surface area contributed by atoms with Gasteiger partial charge in [-0.2, -0.15) is 0 Å². The number of anilines is 1. The molecule has 5 N–H and O–H groups in total. The van der Waals surface area contributed by atoms with Gasteiger partial charge in [-0.05, 0) is 24.1 Å².